The van der Waals surface area contributed by atoms with Crippen LogP contribution in [0.3, 0.4) is 0 Å². The molecule has 0 aromatic heterocycles. The predicted molar refractivity (Wildman–Crippen MR) is 62.9 cm³/mol. The Labute approximate surface area is 96.1 Å². The zero-order valence-corrected chi connectivity index (χ0v) is 9.61. The van der Waals surface area contributed by atoms with E-state index >= 15 is 0 Å². The van der Waals surface area contributed by atoms with Crippen molar-refractivity contribution in [1.82, 2.24) is 0 Å². The number of carbonyl (C=O) groups is 1. The van der Waals surface area contributed by atoms with Crippen LogP contribution >= 0.6 is 0 Å². The molecule has 1 aromatic rings. The zero-order chi connectivity index (χ0) is 11.8. The first-order valence-electron chi connectivity index (χ1n) is 5.65. The maximum Gasteiger partial charge on any atom is 0.166 e. The largest absolute Gasteiger partial charge is 0.493 e. The van der Waals surface area contributed by atoms with Crippen molar-refractivity contribution < 1.29 is 14.6 Å². The molecule has 0 amide bonds. The van der Waals surface area contributed by atoms with Crippen molar-refractivity contribution >= 4 is 5.78 Å². The molecule has 1 N–H and O–H groups in total. The normalized spacial score (nSPS) is 10.1. The predicted octanol–water partition coefficient (Wildman–Crippen LogP) is 2.43. The van der Waals surface area contributed by atoms with Crippen LogP contribution < -0.4 is 4.74 Å². The van der Waals surface area contributed by atoms with Crippen LogP contribution in [-0.2, 0) is 0 Å². The lowest BCUT2D eigenvalue weighted by Gasteiger charge is -2.09. The second-order valence-electron chi connectivity index (χ2n) is 3.59. The summed E-state index contributed by atoms with van der Waals surface area (Å²) in [7, 11) is 0. The van der Waals surface area contributed by atoms with Crippen molar-refractivity contribution in [3.05, 3.63) is 29.8 Å². The fraction of sp³-hybridized carbons (Fsp3) is 0.462. The molecule has 0 aliphatic carbocycles. The summed E-state index contributed by atoms with van der Waals surface area (Å²) >= 11 is 0. The number of aliphatic hydroxyl groups excluding tert-OH is 1. The average molecular weight is 222 g/mol. The highest BCUT2D eigenvalue weighted by Gasteiger charge is 2.11. The highest BCUT2D eigenvalue weighted by atomic mass is 16.5. The Hall–Kier alpha value is -1.35. The summed E-state index contributed by atoms with van der Waals surface area (Å²) in [6.07, 6.45) is 1.78. The molecule has 0 unspecified atom stereocenters. The molecule has 0 fully saturated rings. The van der Waals surface area contributed by atoms with Crippen LogP contribution in [-0.4, -0.2) is 24.1 Å². The number of benzene rings is 1. The topological polar surface area (TPSA) is 46.5 Å². The van der Waals surface area contributed by atoms with Gasteiger partial charge < -0.3 is 9.84 Å². The molecule has 0 spiro atoms. The summed E-state index contributed by atoms with van der Waals surface area (Å²) in [4.78, 5) is 11.8. The summed E-state index contributed by atoms with van der Waals surface area (Å²) in [6, 6.07) is 7.26. The average Bonchev–Trinajstić information content (AvgIpc) is 2.33. The Kier molecular flexibility index (Phi) is 5.57. The van der Waals surface area contributed by atoms with Crippen molar-refractivity contribution in [1.29, 1.82) is 0 Å². The van der Waals surface area contributed by atoms with Crippen LogP contribution in [0.1, 0.15) is 36.5 Å². The van der Waals surface area contributed by atoms with Gasteiger partial charge in [0.1, 0.15) is 5.75 Å². The van der Waals surface area contributed by atoms with Gasteiger partial charge in [-0.2, -0.15) is 0 Å². The molecular weight excluding hydrogens is 204 g/mol. The van der Waals surface area contributed by atoms with Crippen molar-refractivity contribution in [2.24, 2.45) is 0 Å². The number of aliphatic hydroxyl groups is 1. The minimum atomic E-state index is 0.0285. The van der Waals surface area contributed by atoms with E-state index in [0.29, 0.717) is 30.8 Å². The number of hydrogen-bond acceptors (Lipinski definition) is 3. The summed E-state index contributed by atoms with van der Waals surface area (Å²) in [5, 5.41) is 8.69. The van der Waals surface area contributed by atoms with E-state index < -0.39 is 0 Å². The minimum Gasteiger partial charge on any atom is -0.493 e. The summed E-state index contributed by atoms with van der Waals surface area (Å²) in [5.74, 6) is 0.674. The van der Waals surface area contributed by atoms with Crippen LogP contribution in [0.5, 0.6) is 5.75 Å². The Morgan fingerprint density at radius 2 is 2.12 bits per heavy atom. The van der Waals surface area contributed by atoms with Gasteiger partial charge in [-0.1, -0.05) is 19.1 Å². The van der Waals surface area contributed by atoms with Gasteiger partial charge in [0.25, 0.3) is 0 Å². The Balaban J connectivity index is 2.73. The van der Waals surface area contributed by atoms with E-state index in [9.17, 15) is 4.79 Å². The number of Topliss-reactive ketones (excluding diaryl/α,β-unsaturated/α-hetero) is 1. The third-order valence-corrected chi connectivity index (χ3v) is 2.21. The first-order chi connectivity index (χ1) is 7.79. The molecule has 0 saturated carbocycles. The molecule has 0 aliphatic heterocycles. The molecule has 1 rings (SSSR count). The van der Waals surface area contributed by atoms with E-state index in [1.54, 1.807) is 6.07 Å². The summed E-state index contributed by atoms with van der Waals surface area (Å²) < 4.78 is 5.50. The van der Waals surface area contributed by atoms with E-state index in [-0.39, 0.29) is 12.4 Å². The molecule has 3 nitrogen and oxygen atoms in total. The Morgan fingerprint density at radius 3 is 2.81 bits per heavy atom. The van der Waals surface area contributed by atoms with Gasteiger partial charge in [-0.05, 0) is 25.0 Å². The van der Waals surface area contributed by atoms with Gasteiger partial charge in [-0.3, -0.25) is 4.79 Å². The molecular formula is C13H18O3. The number of rotatable bonds is 7. The van der Waals surface area contributed by atoms with E-state index in [1.807, 2.05) is 25.1 Å². The molecule has 0 bridgehead atoms. The SMILES string of the molecule is CCCOc1ccccc1C(=O)CCCO. The fourth-order valence-corrected chi connectivity index (χ4v) is 1.41. The first-order valence-corrected chi connectivity index (χ1v) is 5.65. The Morgan fingerprint density at radius 1 is 1.38 bits per heavy atom. The zero-order valence-electron chi connectivity index (χ0n) is 9.61. The lowest BCUT2D eigenvalue weighted by molar-refractivity contribution is 0.0967. The minimum absolute atomic E-state index is 0.0285. The monoisotopic (exact) mass is 222 g/mol. The van der Waals surface area contributed by atoms with Crippen LogP contribution in [0.4, 0.5) is 0 Å². The van der Waals surface area contributed by atoms with Gasteiger partial charge in [0, 0.05) is 13.0 Å². The number of ketones is 1. The molecule has 0 heterocycles. The summed E-state index contributed by atoms with van der Waals surface area (Å²) in [6.45, 7) is 2.68. The van der Waals surface area contributed by atoms with Crippen molar-refractivity contribution in [3.8, 4) is 5.75 Å². The number of ether oxygens (including phenoxy) is 1. The molecule has 1 aromatic carbocycles. The second-order valence-corrected chi connectivity index (χ2v) is 3.59. The van der Waals surface area contributed by atoms with Gasteiger partial charge >= 0.3 is 0 Å². The van der Waals surface area contributed by atoms with Crippen LogP contribution in [0.15, 0.2) is 24.3 Å². The highest BCUT2D eigenvalue weighted by Crippen LogP contribution is 2.20. The maximum absolute atomic E-state index is 11.8. The second kappa shape index (κ2) is 7.01. The fourth-order valence-electron chi connectivity index (χ4n) is 1.41. The number of carbonyl (C=O) groups excluding carboxylic acids is 1. The number of para-hydroxylation sites is 1. The third kappa shape index (κ3) is 3.66. The van der Waals surface area contributed by atoms with E-state index in [1.165, 1.54) is 0 Å². The van der Waals surface area contributed by atoms with E-state index in [2.05, 4.69) is 0 Å². The molecule has 0 radical (unpaired) electrons. The molecule has 0 saturated heterocycles. The van der Waals surface area contributed by atoms with Crippen molar-refractivity contribution in [2.75, 3.05) is 13.2 Å². The van der Waals surface area contributed by atoms with Crippen LogP contribution in [0, 0.1) is 0 Å². The van der Waals surface area contributed by atoms with Crippen LogP contribution in [0.2, 0.25) is 0 Å². The van der Waals surface area contributed by atoms with Crippen molar-refractivity contribution in [3.63, 3.8) is 0 Å². The van der Waals surface area contributed by atoms with Crippen LogP contribution in [0.25, 0.3) is 0 Å². The quantitative estimate of drug-likeness (QED) is 0.721. The number of hydrogen-bond donors (Lipinski definition) is 1. The standard InChI is InChI=1S/C13H18O3/c1-2-10-16-13-8-4-3-6-11(13)12(15)7-5-9-14/h3-4,6,8,14H,2,5,7,9-10H2,1H3. The van der Waals surface area contributed by atoms with Gasteiger partial charge in [-0.15, -0.1) is 0 Å². The lowest BCUT2D eigenvalue weighted by Crippen LogP contribution is -2.05. The van der Waals surface area contributed by atoms with Gasteiger partial charge in [-0.25, -0.2) is 0 Å². The van der Waals surface area contributed by atoms with Gasteiger partial charge in [0.2, 0.25) is 0 Å². The van der Waals surface area contributed by atoms with E-state index in [4.69, 9.17) is 9.84 Å². The van der Waals surface area contributed by atoms with E-state index in [0.717, 1.165) is 6.42 Å². The Bertz CT molecular complexity index is 334. The van der Waals surface area contributed by atoms with Gasteiger partial charge in [0.15, 0.2) is 5.78 Å². The third-order valence-electron chi connectivity index (χ3n) is 2.21. The molecule has 16 heavy (non-hydrogen) atoms. The smallest absolute Gasteiger partial charge is 0.166 e. The summed E-state index contributed by atoms with van der Waals surface area (Å²) in [5.41, 5.74) is 0.615. The molecule has 0 atom stereocenters. The molecule has 0 aliphatic rings. The van der Waals surface area contributed by atoms with Crippen molar-refractivity contribution in [2.45, 2.75) is 26.2 Å². The molecule has 3 heteroatoms. The lowest BCUT2D eigenvalue weighted by atomic mass is 10.1. The maximum atomic E-state index is 11.8. The molecule has 88 valence electrons. The van der Waals surface area contributed by atoms with Gasteiger partial charge in [0.05, 0.1) is 12.2 Å². The highest BCUT2D eigenvalue weighted by molar-refractivity contribution is 5.98. The first kappa shape index (κ1) is 12.7.